The number of amides is 1. The highest BCUT2D eigenvalue weighted by Gasteiger charge is 2.16. The fraction of sp³-hybridized carbons (Fsp3) is 0.500. The summed E-state index contributed by atoms with van der Waals surface area (Å²) in [5.41, 5.74) is 6.35. The fourth-order valence-electron chi connectivity index (χ4n) is 1.29. The molecule has 0 fully saturated rings. The second-order valence-corrected chi connectivity index (χ2v) is 4.65. The van der Waals surface area contributed by atoms with E-state index in [4.69, 9.17) is 5.73 Å². The molecule has 0 atom stereocenters. The van der Waals surface area contributed by atoms with Gasteiger partial charge < -0.3 is 10.6 Å². The molecule has 4 nitrogen and oxygen atoms in total. The zero-order valence-electron chi connectivity index (χ0n) is 10.1. The van der Waals surface area contributed by atoms with Gasteiger partial charge in [0.2, 0.25) is 5.91 Å². The molecule has 1 aromatic rings. The molecule has 0 aliphatic carbocycles. The second kappa shape index (κ2) is 5.07. The maximum Gasteiger partial charge on any atom is 0.226 e. The first-order valence-corrected chi connectivity index (χ1v) is 5.35. The van der Waals surface area contributed by atoms with Crippen LogP contribution < -0.4 is 10.6 Å². The van der Waals surface area contributed by atoms with Gasteiger partial charge in [0.1, 0.15) is 0 Å². The molecule has 1 aromatic heterocycles. The van der Waals surface area contributed by atoms with Crippen LogP contribution in [0.2, 0.25) is 0 Å². The molecule has 1 amide bonds. The summed E-state index contributed by atoms with van der Waals surface area (Å²) in [6.07, 6.45) is 4.49. The van der Waals surface area contributed by atoms with Crippen LogP contribution in [0.3, 0.4) is 0 Å². The Kier molecular flexibility index (Phi) is 4.01. The van der Waals surface area contributed by atoms with Crippen molar-refractivity contribution in [3.63, 3.8) is 0 Å². The molecule has 0 saturated carbocycles. The second-order valence-electron chi connectivity index (χ2n) is 4.65. The van der Waals surface area contributed by atoms with E-state index in [2.05, 4.69) is 4.98 Å². The Morgan fingerprint density at radius 2 is 2.25 bits per heavy atom. The van der Waals surface area contributed by atoms with Crippen LogP contribution in [0.1, 0.15) is 26.7 Å². The number of carbonyl (C=O) groups excluding carboxylic acids is 1. The van der Waals surface area contributed by atoms with Crippen LogP contribution in [0.25, 0.3) is 0 Å². The van der Waals surface area contributed by atoms with Gasteiger partial charge in [-0.05, 0) is 32.4 Å². The third kappa shape index (κ3) is 3.98. The van der Waals surface area contributed by atoms with Gasteiger partial charge in [-0.3, -0.25) is 9.78 Å². The molecule has 1 heterocycles. The summed E-state index contributed by atoms with van der Waals surface area (Å²) in [7, 11) is 1.75. The number of aromatic nitrogens is 1. The molecule has 0 spiro atoms. The average Bonchev–Trinajstić information content (AvgIpc) is 2.25. The van der Waals surface area contributed by atoms with Gasteiger partial charge in [0.05, 0.1) is 11.9 Å². The van der Waals surface area contributed by atoms with Gasteiger partial charge in [-0.15, -0.1) is 0 Å². The molecule has 1 rings (SSSR count). The minimum atomic E-state index is -0.300. The van der Waals surface area contributed by atoms with Gasteiger partial charge >= 0.3 is 0 Å². The molecule has 0 saturated heterocycles. The first-order chi connectivity index (χ1) is 7.40. The molecular formula is C12H19N3O. The van der Waals surface area contributed by atoms with Crippen molar-refractivity contribution in [1.29, 1.82) is 0 Å². The van der Waals surface area contributed by atoms with Crippen molar-refractivity contribution >= 4 is 11.6 Å². The summed E-state index contributed by atoms with van der Waals surface area (Å²) in [5.74, 6) is 0.0616. The molecule has 0 aliphatic rings. The normalized spacial score (nSPS) is 11.2. The quantitative estimate of drug-likeness (QED) is 0.839. The van der Waals surface area contributed by atoms with Gasteiger partial charge in [0, 0.05) is 25.2 Å². The molecular weight excluding hydrogens is 202 g/mol. The minimum Gasteiger partial charge on any atom is -0.326 e. The lowest BCUT2D eigenvalue weighted by atomic mass is 10.00. The molecule has 0 aliphatic heterocycles. The smallest absolute Gasteiger partial charge is 0.226 e. The molecule has 16 heavy (non-hydrogen) atoms. The Bertz CT molecular complexity index is 343. The predicted molar refractivity (Wildman–Crippen MR) is 65.1 cm³/mol. The van der Waals surface area contributed by atoms with E-state index in [1.54, 1.807) is 24.3 Å². The summed E-state index contributed by atoms with van der Waals surface area (Å²) in [5, 5.41) is 0. The van der Waals surface area contributed by atoms with Crippen molar-refractivity contribution in [2.24, 2.45) is 5.73 Å². The summed E-state index contributed by atoms with van der Waals surface area (Å²) in [4.78, 5) is 17.4. The SMILES string of the molecule is CN(C(=O)CCC(C)(C)N)c1cccnc1. The maximum atomic E-state index is 11.8. The number of carbonyl (C=O) groups is 1. The van der Waals surface area contributed by atoms with Gasteiger partial charge in [0.15, 0.2) is 0 Å². The van der Waals surface area contributed by atoms with Crippen LogP contribution in [-0.4, -0.2) is 23.5 Å². The third-order valence-corrected chi connectivity index (χ3v) is 2.39. The number of anilines is 1. The average molecular weight is 221 g/mol. The zero-order chi connectivity index (χ0) is 12.2. The Balaban J connectivity index is 2.55. The van der Waals surface area contributed by atoms with E-state index in [1.165, 1.54) is 0 Å². The van der Waals surface area contributed by atoms with Crippen LogP contribution in [0.5, 0.6) is 0 Å². The van der Waals surface area contributed by atoms with Crippen molar-refractivity contribution in [3.8, 4) is 0 Å². The van der Waals surface area contributed by atoms with Crippen LogP contribution in [0, 0.1) is 0 Å². The Labute approximate surface area is 96.5 Å². The van der Waals surface area contributed by atoms with E-state index in [0.717, 1.165) is 5.69 Å². The lowest BCUT2D eigenvalue weighted by molar-refractivity contribution is -0.118. The molecule has 4 heteroatoms. The van der Waals surface area contributed by atoms with Crippen molar-refractivity contribution in [2.75, 3.05) is 11.9 Å². The summed E-state index contributed by atoms with van der Waals surface area (Å²) >= 11 is 0. The van der Waals surface area contributed by atoms with Gasteiger partial charge in [0.25, 0.3) is 0 Å². The summed E-state index contributed by atoms with van der Waals surface area (Å²) in [6, 6.07) is 3.67. The van der Waals surface area contributed by atoms with Crippen molar-refractivity contribution in [3.05, 3.63) is 24.5 Å². The highest BCUT2D eigenvalue weighted by molar-refractivity contribution is 5.92. The highest BCUT2D eigenvalue weighted by Crippen LogP contribution is 2.14. The topological polar surface area (TPSA) is 59.2 Å². The largest absolute Gasteiger partial charge is 0.326 e. The fourth-order valence-corrected chi connectivity index (χ4v) is 1.29. The predicted octanol–water partition coefficient (Wildman–Crippen LogP) is 1.56. The van der Waals surface area contributed by atoms with E-state index in [-0.39, 0.29) is 11.4 Å². The lowest BCUT2D eigenvalue weighted by Crippen LogP contribution is -2.35. The molecule has 88 valence electrons. The minimum absolute atomic E-state index is 0.0616. The van der Waals surface area contributed by atoms with Crippen LogP contribution in [0.4, 0.5) is 5.69 Å². The monoisotopic (exact) mass is 221 g/mol. The number of rotatable bonds is 4. The molecule has 0 unspecified atom stereocenters. The maximum absolute atomic E-state index is 11.8. The number of nitrogens with zero attached hydrogens (tertiary/aromatic N) is 2. The molecule has 0 radical (unpaired) electrons. The lowest BCUT2D eigenvalue weighted by Gasteiger charge is -2.21. The zero-order valence-corrected chi connectivity index (χ0v) is 10.1. The standard InChI is InChI=1S/C12H19N3O/c1-12(2,13)7-6-11(16)15(3)10-5-4-8-14-9-10/h4-5,8-9H,6-7,13H2,1-3H3. The molecule has 0 aromatic carbocycles. The van der Waals surface area contributed by atoms with Crippen LogP contribution >= 0.6 is 0 Å². The Morgan fingerprint density at radius 3 is 2.75 bits per heavy atom. The van der Waals surface area contributed by atoms with Crippen molar-refractivity contribution in [2.45, 2.75) is 32.2 Å². The van der Waals surface area contributed by atoms with E-state index >= 15 is 0 Å². The number of hydrogen-bond acceptors (Lipinski definition) is 3. The van der Waals surface area contributed by atoms with Crippen LogP contribution in [-0.2, 0) is 4.79 Å². The van der Waals surface area contributed by atoms with Crippen molar-refractivity contribution < 1.29 is 4.79 Å². The first-order valence-electron chi connectivity index (χ1n) is 5.35. The number of pyridine rings is 1. The van der Waals surface area contributed by atoms with E-state index in [1.807, 2.05) is 26.0 Å². The van der Waals surface area contributed by atoms with E-state index in [9.17, 15) is 4.79 Å². The molecule has 0 bridgehead atoms. The Hall–Kier alpha value is -1.42. The number of nitrogens with two attached hydrogens (primary N) is 1. The highest BCUT2D eigenvalue weighted by atomic mass is 16.2. The van der Waals surface area contributed by atoms with E-state index < -0.39 is 0 Å². The third-order valence-electron chi connectivity index (χ3n) is 2.39. The first kappa shape index (κ1) is 12.6. The summed E-state index contributed by atoms with van der Waals surface area (Å²) in [6.45, 7) is 3.84. The van der Waals surface area contributed by atoms with Gasteiger partial charge in [-0.1, -0.05) is 0 Å². The summed E-state index contributed by atoms with van der Waals surface area (Å²) < 4.78 is 0. The van der Waals surface area contributed by atoms with E-state index in [0.29, 0.717) is 12.8 Å². The van der Waals surface area contributed by atoms with Gasteiger partial charge in [-0.2, -0.15) is 0 Å². The van der Waals surface area contributed by atoms with Crippen LogP contribution in [0.15, 0.2) is 24.5 Å². The Morgan fingerprint density at radius 1 is 1.56 bits per heavy atom. The molecule has 2 N–H and O–H groups in total. The number of hydrogen-bond donors (Lipinski definition) is 1. The van der Waals surface area contributed by atoms with Crippen molar-refractivity contribution in [1.82, 2.24) is 4.98 Å². The van der Waals surface area contributed by atoms with Gasteiger partial charge in [-0.25, -0.2) is 0 Å².